The van der Waals surface area contributed by atoms with Gasteiger partial charge in [-0.2, -0.15) is 0 Å². The van der Waals surface area contributed by atoms with Crippen LogP contribution in [-0.2, 0) is 9.59 Å². The Hall–Kier alpha value is -1.38. The first-order chi connectivity index (χ1) is 7.06. The summed E-state index contributed by atoms with van der Waals surface area (Å²) in [5.74, 6) is -0.433. The largest absolute Gasteiger partial charge is 0.274 e. The van der Waals surface area contributed by atoms with E-state index in [9.17, 15) is 9.59 Å². The lowest BCUT2D eigenvalue weighted by molar-refractivity contribution is -0.136. The first-order valence-corrected chi connectivity index (χ1v) is 5.21. The van der Waals surface area contributed by atoms with Crippen LogP contribution in [0.4, 0.5) is 0 Å². The van der Waals surface area contributed by atoms with Crippen molar-refractivity contribution in [2.75, 3.05) is 0 Å². The molecule has 2 aliphatic rings. The van der Waals surface area contributed by atoms with Gasteiger partial charge in [0.2, 0.25) is 11.8 Å². The maximum absolute atomic E-state index is 11.8. The van der Waals surface area contributed by atoms with Crippen molar-refractivity contribution in [3.8, 4) is 0 Å². The Labute approximate surface area is 89.4 Å². The van der Waals surface area contributed by atoms with Gasteiger partial charge in [-0.25, -0.2) is 0 Å². The standard InChI is InChI=1S/C12H15NO2/c1-4-13-11(14)9-5-7(2)8(3)6-10(9)12(13)15/h4,9-10H,1,5-6H2,2-3H3. The molecule has 1 aliphatic carbocycles. The van der Waals surface area contributed by atoms with E-state index >= 15 is 0 Å². The van der Waals surface area contributed by atoms with Gasteiger partial charge in [-0.1, -0.05) is 17.7 Å². The van der Waals surface area contributed by atoms with Crippen LogP contribution in [0.25, 0.3) is 0 Å². The molecule has 1 saturated heterocycles. The number of allylic oxidation sites excluding steroid dienone is 2. The number of likely N-dealkylation sites (tertiary alicyclic amines) is 1. The van der Waals surface area contributed by atoms with Crippen molar-refractivity contribution in [2.24, 2.45) is 11.8 Å². The minimum atomic E-state index is -0.140. The minimum absolute atomic E-state index is 0.0770. The molecule has 1 heterocycles. The highest BCUT2D eigenvalue weighted by atomic mass is 16.2. The van der Waals surface area contributed by atoms with Gasteiger partial charge in [0.05, 0.1) is 11.8 Å². The molecule has 0 spiro atoms. The lowest BCUT2D eigenvalue weighted by Gasteiger charge is -2.23. The SMILES string of the molecule is C=CN1C(=O)C2CC(C)=C(C)CC2C1=O. The van der Waals surface area contributed by atoms with E-state index in [1.54, 1.807) is 0 Å². The van der Waals surface area contributed by atoms with Crippen LogP contribution in [0, 0.1) is 11.8 Å². The summed E-state index contributed by atoms with van der Waals surface area (Å²) >= 11 is 0. The monoisotopic (exact) mass is 205 g/mol. The van der Waals surface area contributed by atoms with Crippen LogP contribution < -0.4 is 0 Å². The van der Waals surface area contributed by atoms with Gasteiger partial charge in [0, 0.05) is 6.20 Å². The second kappa shape index (κ2) is 3.33. The van der Waals surface area contributed by atoms with E-state index in [1.165, 1.54) is 22.2 Å². The molecule has 1 fully saturated rings. The predicted molar refractivity (Wildman–Crippen MR) is 56.6 cm³/mol. The Bertz CT molecular complexity index is 349. The fourth-order valence-electron chi connectivity index (χ4n) is 2.46. The van der Waals surface area contributed by atoms with Gasteiger partial charge in [-0.3, -0.25) is 14.5 Å². The van der Waals surface area contributed by atoms with Crippen LogP contribution in [0.2, 0.25) is 0 Å². The van der Waals surface area contributed by atoms with E-state index in [0.29, 0.717) is 0 Å². The molecule has 2 unspecified atom stereocenters. The van der Waals surface area contributed by atoms with Crippen molar-refractivity contribution >= 4 is 11.8 Å². The lowest BCUT2D eigenvalue weighted by Crippen LogP contribution is -2.24. The van der Waals surface area contributed by atoms with Gasteiger partial charge in [-0.05, 0) is 26.7 Å². The molecule has 80 valence electrons. The van der Waals surface area contributed by atoms with Crippen LogP contribution in [-0.4, -0.2) is 16.7 Å². The number of rotatable bonds is 1. The second-order valence-electron chi connectivity index (χ2n) is 4.41. The molecule has 0 radical (unpaired) electrons. The highest BCUT2D eigenvalue weighted by Gasteiger charge is 2.47. The molecule has 0 aromatic rings. The van der Waals surface area contributed by atoms with E-state index < -0.39 is 0 Å². The molecular weight excluding hydrogens is 190 g/mol. The summed E-state index contributed by atoms with van der Waals surface area (Å²) in [6.07, 6.45) is 2.80. The molecule has 2 atom stereocenters. The van der Waals surface area contributed by atoms with Crippen molar-refractivity contribution in [3.05, 3.63) is 23.9 Å². The highest BCUT2D eigenvalue weighted by Crippen LogP contribution is 2.40. The van der Waals surface area contributed by atoms with E-state index in [2.05, 4.69) is 6.58 Å². The predicted octanol–water partition coefficient (Wildman–Crippen LogP) is 1.86. The topological polar surface area (TPSA) is 37.4 Å². The fraction of sp³-hybridized carbons (Fsp3) is 0.500. The molecule has 3 nitrogen and oxygen atoms in total. The average Bonchev–Trinajstić information content (AvgIpc) is 2.42. The van der Waals surface area contributed by atoms with Gasteiger partial charge in [0.15, 0.2) is 0 Å². The third-order valence-electron chi connectivity index (χ3n) is 3.56. The number of fused-ring (bicyclic) bond motifs is 1. The number of carbonyl (C=O) groups excluding carboxylic acids is 2. The van der Waals surface area contributed by atoms with Gasteiger partial charge in [0.1, 0.15) is 0 Å². The third-order valence-corrected chi connectivity index (χ3v) is 3.56. The van der Waals surface area contributed by atoms with Crippen molar-refractivity contribution < 1.29 is 9.59 Å². The number of amides is 2. The molecule has 0 N–H and O–H groups in total. The summed E-state index contributed by atoms with van der Waals surface area (Å²) in [4.78, 5) is 24.9. The Kier molecular flexibility index (Phi) is 2.25. The van der Waals surface area contributed by atoms with E-state index in [0.717, 1.165) is 12.8 Å². The zero-order chi connectivity index (χ0) is 11.2. The second-order valence-corrected chi connectivity index (χ2v) is 4.41. The Morgan fingerprint density at radius 1 is 1.13 bits per heavy atom. The Morgan fingerprint density at radius 3 is 1.87 bits per heavy atom. The molecule has 15 heavy (non-hydrogen) atoms. The van der Waals surface area contributed by atoms with Gasteiger partial charge >= 0.3 is 0 Å². The van der Waals surface area contributed by atoms with E-state index in [-0.39, 0.29) is 23.7 Å². The Morgan fingerprint density at radius 2 is 1.53 bits per heavy atom. The molecule has 1 aliphatic heterocycles. The van der Waals surface area contributed by atoms with Crippen LogP contribution in [0.3, 0.4) is 0 Å². The molecule has 2 rings (SSSR count). The smallest absolute Gasteiger partial charge is 0.237 e. The van der Waals surface area contributed by atoms with Gasteiger partial charge < -0.3 is 0 Å². The van der Waals surface area contributed by atoms with Crippen molar-refractivity contribution in [1.82, 2.24) is 4.90 Å². The molecular formula is C12H15NO2. The molecule has 3 heteroatoms. The summed E-state index contributed by atoms with van der Waals surface area (Å²) in [5, 5.41) is 0. The Balaban J connectivity index is 2.34. The van der Waals surface area contributed by atoms with E-state index in [1.807, 2.05) is 13.8 Å². The van der Waals surface area contributed by atoms with Crippen LogP contribution in [0.1, 0.15) is 26.7 Å². The van der Waals surface area contributed by atoms with E-state index in [4.69, 9.17) is 0 Å². The van der Waals surface area contributed by atoms with Gasteiger partial charge in [0.25, 0.3) is 0 Å². The number of carbonyl (C=O) groups is 2. The van der Waals surface area contributed by atoms with Gasteiger partial charge in [-0.15, -0.1) is 0 Å². The summed E-state index contributed by atoms with van der Waals surface area (Å²) in [6.45, 7) is 7.59. The maximum Gasteiger partial charge on any atom is 0.237 e. The minimum Gasteiger partial charge on any atom is -0.274 e. The number of nitrogens with zero attached hydrogens (tertiary/aromatic N) is 1. The molecule has 0 bridgehead atoms. The van der Waals surface area contributed by atoms with Crippen molar-refractivity contribution in [2.45, 2.75) is 26.7 Å². The molecule has 0 saturated carbocycles. The normalized spacial score (nSPS) is 30.9. The molecule has 0 aromatic heterocycles. The zero-order valence-corrected chi connectivity index (χ0v) is 9.12. The third kappa shape index (κ3) is 1.34. The van der Waals surface area contributed by atoms with Crippen molar-refractivity contribution in [3.63, 3.8) is 0 Å². The lowest BCUT2D eigenvalue weighted by atomic mass is 9.78. The number of imide groups is 1. The van der Waals surface area contributed by atoms with Crippen molar-refractivity contribution in [1.29, 1.82) is 0 Å². The fourth-order valence-corrected chi connectivity index (χ4v) is 2.46. The molecule has 0 aromatic carbocycles. The zero-order valence-electron chi connectivity index (χ0n) is 9.12. The molecule has 2 amide bonds. The number of hydrogen-bond acceptors (Lipinski definition) is 2. The highest BCUT2D eigenvalue weighted by molar-refractivity contribution is 6.06. The van der Waals surface area contributed by atoms with Crippen LogP contribution in [0.15, 0.2) is 23.9 Å². The quantitative estimate of drug-likeness (QED) is 0.484. The summed E-state index contributed by atoms with van der Waals surface area (Å²) in [5.41, 5.74) is 2.51. The average molecular weight is 205 g/mol. The maximum atomic E-state index is 11.8. The number of hydrogen-bond donors (Lipinski definition) is 0. The summed E-state index contributed by atoms with van der Waals surface area (Å²) in [7, 11) is 0. The summed E-state index contributed by atoms with van der Waals surface area (Å²) in [6, 6.07) is 0. The van der Waals surface area contributed by atoms with Crippen LogP contribution in [0.5, 0.6) is 0 Å². The summed E-state index contributed by atoms with van der Waals surface area (Å²) < 4.78 is 0. The van der Waals surface area contributed by atoms with Crippen LogP contribution >= 0.6 is 0 Å². The first-order valence-electron chi connectivity index (χ1n) is 5.21. The first kappa shape index (κ1) is 10.1.